The van der Waals surface area contributed by atoms with Crippen molar-refractivity contribution in [2.75, 3.05) is 19.8 Å². The Morgan fingerprint density at radius 3 is 2.32 bits per heavy atom. The van der Waals surface area contributed by atoms with E-state index in [4.69, 9.17) is 9.47 Å². The second kappa shape index (κ2) is 11.5. The van der Waals surface area contributed by atoms with Crippen molar-refractivity contribution in [2.24, 2.45) is 10.8 Å². The molecule has 0 aliphatic carbocycles. The summed E-state index contributed by atoms with van der Waals surface area (Å²) in [6, 6.07) is 6.46. The van der Waals surface area contributed by atoms with Crippen LogP contribution in [-0.4, -0.2) is 70.9 Å². The van der Waals surface area contributed by atoms with E-state index in [2.05, 4.69) is 11.9 Å². The molecule has 2 heterocycles. The first kappa shape index (κ1) is 28.5. The van der Waals surface area contributed by atoms with Crippen LogP contribution in [-0.2, 0) is 27.4 Å². The molecule has 0 aromatic heterocycles. The van der Waals surface area contributed by atoms with Crippen molar-refractivity contribution in [1.82, 2.24) is 15.1 Å². The molecule has 2 aliphatic rings. The topological polar surface area (TPSA) is 108 Å². The third-order valence-corrected chi connectivity index (χ3v) is 6.90. The van der Waals surface area contributed by atoms with Gasteiger partial charge in [0.1, 0.15) is 12.1 Å². The number of allylic oxidation sites excluding steroid dienone is 1. The molecule has 0 spiro atoms. The van der Waals surface area contributed by atoms with Crippen molar-refractivity contribution in [3.63, 3.8) is 0 Å². The zero-order valence-corrected chi connectivity index (χ0v) is 22.7. The highest BCUT2D eigenvalue weighted by molar-refractivity contribution is 5.87. The van der Waals surface area contributed by atoms with Crippen molar-refractivity contribution in [2.45, 2.75) is 78.7 Å². The van der Waals surface area contributed by atoms with Gasteiger partial charge in [0.2, 0.25) is 5.91 Å². The first-order valence-corrected chi connectivity index (χ1v) is 12.8. The molecule has 3 rings (SSSR count). The Morgan fingerprint density at radius 1 is 1.16 bits per heavy atom. The van der Waals surface area contributed by atoms with E-state index in [9.17, 15) is 19.5 Å². The molecule has 2 N–H and O–H groups in total. The lowest BCUT2D eigenvalue weighted by Gasteiger charge is -2.35. The van der Waals surface area contributed by atoms with Crippen LogP contribution in [0.5, 0.6) is 0 Å². The summed E-state index contributed by atoms with van der Waals surface area (Å²) < 4.78 is 11.2. The first-order chi connectivity index (χ1) is 17.3. The molecule has 0 radical (unpaired) electrons. The van der Waals surface area contributed by atoms with Gasteiger partial charge in [0.05, 0.1) is 25.8 Å². The summed E-state index contributed by atoms with van der Waals surface area (Å²) in [6.45, 7) is 14.2. The summed E-state index contributed by atoms with van der Waals surface area (Å²) in [4.78, 5) is 42.2. The quantitative estimate of drug-likeness (QED) is 0.509. The monoisotopic (exact) mass is 515 g/mol. The maximum Gasteiger partial charge on any atom is 0.410 e. The third-order valence-electron chi connectivity index (χ3n) is 6.90. The largest absolute Gasteiger partial charge is 0.449 e. The third kappa shape index (κ3) is 7.25. The fourth-order valence-electron chi connectivity index (χ4n) is 4.77. The second-order valence-electron chi connectivity index (χ2n) is 11.9. The fourth-order valence-corrected chi connectivity index (χ4v) is 4.77. The number of fused-ring (bicyclic) bond motifs is 1. The van der Waals surface area contributed by atoms with Gasteiger partial charge in [0.25, 0.3) is 0 Å². The number of hydrogen-bond donors (Lipinski definition) is 2. The molecule has 1 aromatic carbocycles. The smallest absolute Gasteiger partial charge is 0.410 e. The van der Waals surface area contributed by atoms with E-state index in [0.717, 1.165) is 11.1 Å². The van der Waals surface area contributed by atoms with Gasteiger partial charge < -0.3 is 24.8 Å². The van der Waals surface area contributed by atoms with Crippen molar-refractivity contribution in [1.29, 1.82) is 0 Å². The molecule has 2 aliphatic heterocycles. The maximum absolute atomic E-state index is 13.6. The Kier molecular flexibility index (Phi) is 8.89. The van der Waals surface area contributed by atoms with Crippen molar-refractivity contribution in [3.05, 3.63) is 48.0 Å². The van der Waals surface area contributed by atoms with Crippen molar-refractivity contribution < 1.29 is 29.0 Å². The van der Waals surface area contributed by atoms with Crippen LogP contribution in [0.2, 0.25) is 0 Å². The van der Waals surface area contributed by atoms with Crippen molar-refractivity contribution in [3.8, 4) is 0 Å². The van der Waals surface area contributed by atoms with E-state index in [1.54, 1.807) is 11.0 Å². The minimum atomic E-state index is -0.890. The number of carbonyl (C=O) groups excluding carboxylic acids is 3. The predicted molar refractivity (Wildman–Crippen MR) is 139 cm³/mol. The molecule has 1 unspecified atom stereocenters. The highest BCUT2D eigenvalue weighted by atomic mass is 16.6. The van der Waals surface area contributed by atoms with Crippen LogP contribution < -0.4 is 5.32 Å². The van der Waals surface area contributed by atoms with Gasteiger partial charge in [-0.25, -0.2) is 9.59 Å². The first-order valence-electron chi connectivity index (χ1n) is 12.8. The van der Waals surface area contributed by atoms with Crippen LogP contribution in [0.1, 0.15) is 58.6 Å². The van der Waals surface area contributed by atoms with Gasteiger partial charge >= 0.3 is 12.2 Å². The number of nitrogens with zero attached hydrogens (tertiary/aromatic N) is 2. The fraction of sp³-hybridized carbons (Fsp3) is 0.607. The number of benzene rings is 1. The zero-order chi connectivity index (χ0) is 27.4. The van der Waals surface area contributed by atoms with Gasteiger partial charge in [0, 0.05) is 24.9 Å². The number of carbonyl (C=O) groups is 3. The van der Waals surface area contributed by atoms with Crippen LogP contribution in [0.25, 0.3) is 0 Å². The van der Waals surface area contributed by atoms with E-state index >= 15 is 0 Å². The molecule has 9 nitrogen and oxygen atoms in total. The summed E-state index contributed by atoms with van der Waals surface area (Å²) in [7, 11) is 0. The van der Waals surface area contributed by atoms with E-state index in [0.29, 0.717) is 25.9 Å². The molecule has 0 bridgehead atoms. The van der Waals surface area contributed by atoms with Gasteiger partial charge in [-0.1, -0.05) is 65.0 Å². The minimum Gasteiger partial charge on any atom is -0.449 e. The molecule has 1 fully saturated rings. The molecular formula is C28H41N3O6. The number of hydrogen-bond acceptors (Lipinski definition) is 6. The van der Waals surface area contributed by atoms with Crippen LogP contribution in [0, 0.1) is 10.8 Å². The van der Waals surface area contributed by atoms with Gasteiger partial charge in [-0.2, -0.15) is 0 Å². The SMILES string of the molecule is C=CCC(C)(C)COC(=O)N[C@H](C(=O)N1C[C@H](OC(=O)N2Cc3ccccc3C2)CC1CO)C(C)(C)C. The van der Waals surface area contributed by atoms with E-state index in [1.807, 2.05) is 58.9 Å². The molecule has 1 aromatic rings. The second-order valence-corrected chi connectivity index (χ2v) is 11.9. The Hall–Kier alpha value is -3.07. The van der Waals surface area contributed by atoms with Crippen LogP contribution >= 0.6 is 0 Å². The number of aliphatic hydroxyl groups is 1. The predicted octanol–water partition coefficient (Wildman–Crippen LogP) is 3.84. The van der Waals surface area contributed by atoms with Crippen molar-refractivity contribution >= 4 is 18.1 Å². The molecular weight excluding hydrogens is 474 g/mol. The Morgan fingerprint density at radius 2 is 1.78 bits per heavy atom. The molecule has 3 amide bonds. The normalized spacial score (nSPS) is 20.3. The number of alkyl carbamates (subject to hydrolysis) is 1. The van der Waals surface area contributed by atoms with Gasteiger partial charge in [0.15, 0.2) is 0 Å². The number of aliphatic hydroxyl groups excluding tert-OH is 1. The summed E-state index contributed by atoms with van der Waals surface area (Å²) >= 11 is 0. The molecule has 37 heavy (non-hydrogen) atoms. The summed E-state index contributed by atoms with van der Waals surface area (Å²) in [5, 5.41) is 12.7. The molecule has 204 valence electrons. The lowest BCUT2D eigenvalue weighted by molar-refractivity contribution is -0.137. The highest BCUT2D eigenvalue weighted by Gasteiger charge is 2.44. The average molecular weight is 516 g/mol. The van der Waals surface area contributed by atoms with E-state index < -0.39 is 35.8 Å². The van der Waals surface area contributed by atoms with Gasteiger partial charge in [-0.3, -0.25) is 9.69 Å². The lowest BCUT2D eigenvalue weighted by atomic mass is 9.85. The standard InChI is InChI=1S/C28H41N3O6/c1-7-12-28(5,6)18-36-25(34)29-23(27(2,3)4)24(33)31-16-22(13-21(31)17-32)37-26(35)30-14-19-10-8-9-11-20(19)15-30/h7-11,21-23,32H,1,12-18H2,2-6H3,(H,29,34)/t21?,22-,23-/m1/s1. The van der Waals surface area contributed by atoms with E-state index in [1.165, 1.54) is 4.90 Å². The number of ether oxygens (including phenoxy) is 2. The van der Waals surface area contributed by atoms with Gasteiger partial charge in [-0.15, -0.1) is 6.58 Å². The Balaban J connectivity index is 1.62. The number of rotatable bonds is 8. The average Bonchev–Trinajstić information content (AvgIpc) is 3.44. The van der Waals surface area contributed by atoms with Gasteiger partial charge in [-0.05, 0) is 23.0 Å². The number of nitrogens with one attached hydrogen (secondary N) is 1. The molecule has 1 saturated heterocycles. The van der Waals surface area contributed by atoms with Crippen LogP contribution in [0.3, 0.4) is 0 Å². The van der Waals surface area contributed by atoms with Crippen LogP contribution in [0.15, 0.2) is 36.9 Å². The zero-order valence-electron chi connectivity index (χ0n) is 22.7. The summed E-state index contributed by atoms with van der Waals surface area (Å²) in [5.74, 6) is -0.346. The molecule has 0 saturated carbocycles. The highest BCUT2D eigenvalue weighted by Crippen LogP contribution is 2.29. The molecule has 3 atom stereocenters. The Bertz CT molecular complexity index is 977. The summed E-state index contributed by atoms with van der Waals surface area (Å²) in [6.07, 6.45) is 1.11. The number of amides is 3. The van der Waals surface area contributed by atoms with E-state index in [-0.39, 0.29) is 31.1 Å². The Labute approximate surface area is 219 Å². The molecule has 9 heteroatoms. The minimum absolute atomic E-state index is 0.145. The van der Waals surface area contributed by atoms with Crippen LogP contribution in [0.4, 0.5) is 9.59 Å². The number of likely N-dealkylation sites (tertiary alicyclic amines) is 1. The lowest BCUT2D eigenvalue weighted by Crippen LogP contribution is -2.56. The maximum atomic E-state index is 13.6. The summed E-state index contributed by atoms with van der Waals surface area (Å²) in [5.41, 5.74) is 1.29.